The van der Waals surface area contributed by atoms with Crippen LogP contribution in [0.1, 0.15) is 49.5 Å². The summed E-state index contributed by atoms with van der Waals surface area (Å²) in [6.07, 6.45) is 5.88. The van der Waals surface area contributed by atoms with Gasteiger partial charge in [-0.15, -0.1) is 0 Å². The summed E-state index contributed by atoms with van der Waals surface area (Å²) in [5.41, 5.74) is 2.78. The van der Waals surface area contributed by atoms with Gasteiger partial charge in [-0.05, 0) is 54.0 Å². The van der Waals surface area contributed by atoms with Gasteiger partial charge in [0, 0.05) is 42.3 Å². The van der Waals surface area contributed by atoms with Gasteiger partial charge in [-0.25, -0.2) is 13.1 Å². The highest BCUT2D eigenvalue weighted by molar-refractivity contribution is 7.88. The number of nitrogens with one attached hydrogen (secondary N) is 2. The molecular weight excluding hydrogens is 454 g/mol. The average Bonchev–Trinajstić information content (AvgIpc) is 3.20. The summed E-state index contributed by atoms with van der Waals surface area (Å²) in [5.74, 6) is -0.101. The lowest BCUT2D eigenvalue weighted by Crippen LogP contribution is -2.43. The van der Waals surface area contributed by atoms with Crippen LogP contribution in [0.2, 0.25) is 0 Å². The van der Waals surface area contributed by atoms with Gasteiger partial charge < -0.3 is 14.3 Å². The van der Waals surface area contributed by atoms with Crippen LogP contribution in [-0.4, -0.2) is 50.1 Å². The Hall–Kier alpha value is -2.91. The van der Waals surface area contributed by atoms with Gasteiger partial charge in [-0.3, -0.25) is 9.59 Å². The number of hydrogen-bond donors (Lipinski definition) is 2. The molecule has 9 heteroatoms. The molecule has 34 heavy (non-hydrogen) atoms. The number of furan rings is 1. The number of nitrogens with zero attached hydrogens (tertiary/aromatic N) is 1. The Kier molecular flexibility index (Phi) is 6.44. The molecule has 3 heterocycles. The minimum atomic E-state index is -3.28. The van der Waals surface area contributed by atoms with Crippen molar-refractivity contribution in [1.29, 1.82) is 0 Å². The summed E-state index contributed by atoms with van der Waals surface area (Å²) in [4.78, 5) is 30.5. The van der Waals surface area contributed by atoms with E-state index in [4.69, 9.17) is 4.42 Å². The fourth-order valence-electron chi connectivity index (χ4n) is 4.52. The molecule has 3 aromatic rings. The third-order valence-electron chi connectivity index (χ3n) is 6.28. The van der Waals surface area contributed by atoms with Crippen LogP contribution in [-0.2, 0) is 15.4 Å². The molecule has 1 aliphatic rings. The normalized spacial score (nSPS) is 17.3. The van der Waals surface area contributed by atoms with Crippen LogP contribution in [0, 0.1) is 5.92 Å². The summed E-state index contributed by atoms with van der Waals surface area (Å²) in [5, 5.41) is 0.673. The monoisotopic (exact) mass is 485 g/mol. The number of aromatic nitrogens is 1. The molecule has 2 aromatic heterocycles. The molecule has 8 nitrogen and oxygen atoms in total. The van der Waals surface area contributed by atoms with Crippen molar-refractivity contribution in [2.24, 2.45) is 5.92 Å². The van der Waals surface area contributed by atoms with Gasteiger partial charge in [0.25, 0.3) is 11.5 Å². The molecule has 0 spiro atoms. The molecule has 0 radical (unpaired) electrons. The van der Waals surface area contributed by atoms with E-state index in [9.17, 15) is 18.0 Å². The number of benzene rings is 1. The van der Waals surface area contributed by atoms with Crippen molar-refractivity contribution in [3.05, 3.63) is 58.2 Å². The van der Waals surface area contributed by atoms with Crippen LogP contribution in [0.15, 0.2) is 45.9 Å². The highest BCUT2D eigenvalue weighted by Gasteiger charge is 2.29. The standard InChI is InChI=1S/C25H31N3O5S/c1-25(2,3)21-12-17(18-8-5-9-26-23(18)29)11-19-20(15-33-22(19)21)24(30)28-10-6-7-16(14-28)13-27-34(4,31)32/h5,8-9,11-12,15-16,27H,6-7,10,13-14H2,1-4H3,(H,26,29). The molecule has 1 saturated heterocycles. The van der Waals surface area contributed by atoms with E-state index in [1.54, 1.807) is 23.2 Å². The maximum Gasteiger partial charge on any atom is 0.257 e. The van der Waals surface area contributed by atoms with Gasteiger partial charge >= 0.3 is 0 Å². The van der Waals surface area contributed by atoms with Gasteiger partial charge in [0.2, 0.25) is 10.0 Å². The van der Waals surface area contributed by atoms with Crippen molar-refractivity contribution in [2.45, 2.75) is 39.0 Å². The molecule has 1 fully saturated rings. The first-order valence-electron chi connectivity index (χ1n) is 11.4. The minimum absolute atomic E-state index is 0.0502. The minimum Gasteiger partial charge on any atom is -0.463 e. The molecule has 182 valence electrons. The zero-order chi connectivity index (χ0) is 24.7. The molecule has 0 saturated carbocycles. The molecule has 1 unspecified atom stereocenters. The summed E-state index contributed by atoms with van der Waals surface area (Å²) in [7, 11) is -3.28. The number of fused-ring (bicyclic) bond motifs is 1. The molecule has 1 aliphatic heterocycles. The zero-order valence-corrected chi connectivity index (χ0v) is 20.8. The number of pyridine rings is 1. The molecule has 1 aromatic carbocycles. The predicted octanol–water partition coefficient (Wildman–Crippen LogP) is 3.49. The van der Waals surface area contributed by atoms with E-state index in [1.807, 2.05) is 12.1 Å². The molecular formula is C25H31N3O5S. The van der Waals surface area contributed by atoms with Crippen molar-refractivity contribution in [3.63, 3.8) is 0 Å². The summed E-state index contributed by atoms with van der Waals surface area (Å²) in [6.45, 7) is 7.57. The van der Waals surface area contributed by atoms with Crippen LogP contribution >= 0.6 is 0 Å². The number of amides is 1. The van der Waals surface area contributed by atoms with Crippen molar-refractivity contribution in [2.75, 3.05) is 25.9 Å². The topological polar surface area (TPSA) is 112 Å². The van der Waals surface area contributed by atoms with Crippen molar-refractivity contribution >= 4 is 26.9 Å². The third kappa shape index (κ3) is 5.10. The second-order valence-corrected chi connectivity index (χ2v) is 11.9. The van der Waals surface area contributed by atoms with Crippen molar-refractivity contribution in [1.82, 2.24) is 14.6 Å². The number of carbonyl (C=O) groups is 1. The van der Waals surface area contributed by atoms with Crippen molar-refractivity contribution < 1.29 is 17.6 Å². The Morgan fingerprint density at radius 3 is 2.74 bits per heavy atom. The summed E-state index contributed by atoms with van der Waals surface area (Å²) in [6, 6.07) is 7.34. The second-order valence-electron chi connectivity index (χ2n) is 10.1. The first-order chi connectivity index (χ1) is 15.9. The fraction of sp³-hybridized carbons (Fsp3) is 0.440. The Balaban J connectivity index is 1.73. The van der Waals surface area contributed by atoms with Gasteiger partial charge in [0.1, 0.15) is 11.8 Å². The van der Waals surface area contributed by atoms with Gasteiger partial charge in [0.05, 0.1) is 11.8 Å². The van der Waals surface area contributed by atoms with Crippen LogP contribution in [0.3, 0.4) is 0 Å². The third-order valence-corrected chi connectivity index (χ3v) is 6.97. The number of likely N-dealkylation sites (tertiary alicyclic amines) is 1. The Labute approximate surface area is 199 Å². The quantitative estimate of drug-likeness (QED) is 0.575. The number of sulfonamides is 1. The van der Waals surface area contributed by atoms with Gasteiger partial charge in [-0.2, -0.15) is 0 Å². The highest BCUT2D eigenvalue weighted by atomic mass is 32.2. The van der Waals surface area contributed by atoms with Gasteiger partial charge in [-0.1, -0.05) is 20.8 Å². The van der Waals surface area contributed by atoms with E-state index in [2.05, 4.69) is 30.5 Å². The van der Waals surface area contributed by atoms with Crippen LogP contribution in [0.4, 0.5) is 0 Å². The van der Waals surface area contributed by atoms with E-state index >= 15 is 0 Å². The second kappa shape index (κ2) is 9.03. The van der Waals surface area contributed by atoms with Crippen LogP contribution in [0.5, 0.6) is 0 Å². The summed E-state index contributed by atoms with van der Waals surface area (Å²) >= 11 is 0. The van der Waals surface area contributed by atoms with Crippen LogP contribution in [0.25, 0.3) is 22.1 Å². The number of piperidine rings is 1. The molecule has 4 rings (SSSR count). The number of hydrogen-bond acceptors (Lipinski definition) is 5. The Morgan fingerprint density at radius 2 is 2.06 bits per heavy atom. The van der Waals surface area contributed by atoms with Crippen LogP contribution < -0.4 is 10.3 Å². The number of carbonyl (C=O) groups excluding carboxylic acids is 1. The largest absolute Gasteiger partial charge is 0.463 e. The molecule has 0 bridgehead atoms. The smallest absolute Gasteiger partial charge is 0.257 e. The molecule has 1 atom stereocenters. The van der Waals surface area contributed by atoms with Gasteiger partial charge in [0.15, 0.2) is 0 Å². The number of H-pyrrole nitrogens is 1. The Morgan fingerprint density at radius 1 is 1.29 bits per heavy atom. The highest BCUT2D eigenvalue weighted by Crippen LogP contribution is 2.37. The maximum absolute atomic E-state index is 13.6. The first kappa shape index (κ1) is 24.2. The van der Waals surface area contributed by atoms with Crippen molar-refractivity contribution in [3.8, 4) is 11.1 Å². The lowest BCUT2D eigenvalue weighted by molar-refractivity contribution is 0.0677. The summed E-state index contributed by atoms with van der Waals surface area (Å²) < 4.78 is 31.4. The SMILES string of the molecule is CC(C)(C)c1cc(-c2ccc[nH]c2=O)cc2c(C(=O)N3CCCC(CNS(C)(=O)=O)C3)coc12. The zero-order valence-electron chi connectivity index (χ0n) is 20.0. The molecule has 1 amide bonds. The van der Waals surface area contributed by atoms with E-state index in [0.717, 1.165) is 30.2 Å². The number of aromatic amines is 1. The lowest BCUT2D eigenvalue weighted by Gasteiger charge is -2.32. The fourth-order valence-corrected chi connectivity index (χ4v) is 5.06. The van der Waals surface area contributed by atoms with E-state index < -0.39 is 10.0 Å². The Bertz CT molecular complexity index is 1380. The van der Waals surface area contributed by atoms with E-state index in [1.165, 1.54) is 6.26 Å². The van der Waals surface area contributed by atoms with E-state index in [0.29, 0.717) is 41.7 Å². The molecule has 0 aliphatic carbocycles. The predicted molar refractivity (Wildman–Crippen MR) is 132 cm³/mol. The average molecular weight is 486 g/mol. The first-order valence-corrected chi connectivity index (χ1v) is 13.3. The van der Waals surface area contributed by atoms with E-state index in [-0.39, 0.29) is 22.8 Å². The maximum atomic E-state index is 13.6. The lowest BCUT2D eigenvalue weighted by atomic mass is 9.84. The number of rotatable bonds is 5. The molecule has 2 N–H and O–H groups in total.